The van der Waals surface area contributed by atoms with Crippen molar-refractivity contribution in [2.75, 3.05) is 13.7 Å². The van der Waals surface area contributed by atoms with Gasteiger partial charge in [-0.25, -0.2) is 0 Å². The van der Waals surface area contributed by atoms with Crippen molar-refractivity contribution in [1.82, 2.24) is 5.32 Å². The van der Waals surface area contributed by atoms with Crippen molar-refractivity contribution in [3.05, 3.63) is 23.3 Å². The van der Waals surface area contributed by atoms with Gasteiger partial charge in [-0.3, -0.25) is 0 Å². The van der Waals surface area contributed by atoms with E-state index in [1.807, 2.05) is 6.07 Å². The summed E-state index contributed by atoms with van der Waals surface area (Å²) < 4.78 is 5.04. The van der Waals surface area contributed by atoms with Crippen LogP contribution >= 0.6 is 0 Å². The van der Waals surface area contributed by atoms with Gasteiger partial charge in [-0.05, 0) is 24.6 Å². The summed E-state index contributed by atoms with van der Waals surface area (Å²) in [4.78, 5) is 0. The fourth-order valence-corrected chi connectivity index (χ4v) is 1.70. The number of ether oxygens (including phenoxy) is 1. The maximum absolute atomic E-state index is 9.78. The Morgan fingerprint density at radius 1 is 1.46 bits per heavy atom. The lowest BCUT2D eigenvalue weighted by Crippen LogP contribution is -2.23. The average molecular weight is 179 g/mol. The smallest absolute Gasteiger partial charge is 0.161 e. The standard InChI is InChI=1S/C10H13NO2/c1-13-9-3-2-7-6-11-5-4-8(7)10(9)12/h2-3,11-12H,4-6H2,1H3. The van der Waals surface area contributed by atoms with Crippen molar-refractivity contribution >= 4 is 0 Å². The molecule has 0 fully saturated rings. The largest absolute Gasteiger partial charge is 0.504 e. The molecular formula is C10H13NO2. The summed E-state index contributed by atoms with van der Waals surface area (Å²) >= 11 is 0. The summed E-state index contributed by atoms with van der Waals surface area (Å²) in [6, 6.07) is 3.81. The van der Waals surface area contributed by atoms with Crippen molar-refractivity contribution in [2.24, 2.45) is 0 Å². The number of hydrogen-bond donors (Lipinski definition) is 2. The Morgan fingerprint density at radius 3 is 3.08 bits per heavy atom. The summed E-state index contributed by atoms with van der Waals surface area (Å²) in [5.41, 5.74) is 2.20. The molecule has 0 amide bonds. The van der Waals surface area contributed by atoms with E-state index in [1.165, 1.54) is 5.56 Å². The molecule has 0 saturated carbocycles. The van der Waals surface area contributed by atoms with Gasteiger partial charge in [0.1, 0.15) is 0 Å². The van der Waals surface area contributed by atoms with Gasteiger partial charge in [-0.15, -0.1) is 0 Å². The number of aromatic hydroxyl groups is 1. The molecule has 1 aromatic carbocycles. The van der Waals surface area contributed by atoms with Crippen molar-refractivity contribution in [3.63, 3.8) is 0 Å². The van der Waals surface area contributed by atoms with Crippen LogP contribution in [0.2, 0.25) is 0 Å². The van der Waals surface area contributed by atoms with Crippen molar-refractivity contribution < 1.29 is 9.84 Å². The molecule has 13 heavy (non-hydrogen) atoms. The summed E-state index contributed by atoms with van der Waals surface area (Å²) in [6.07, 6.45) is 0.873. The van der Waals surface area contributed by atoms with Crippen LogP contribution in [-0.2, 0) is 13.0 Å². The number of phenolic OH excluding ortho intramolecular Hbond substituents is 1. The molecule has 1 aliphatic heterocycles. The van der Waals surface area contributed by atoms with Gasteiger partial charge < -0.3 is 15.2 Å². The minimum absolute atomic E-state index is 0.307. The predicted molar refractivity (Wildman–Crippen MR) is 50.1 cm³/mol. The molecule has 0 aliphatic carbocycles. The zero-order valence-electron chi connectivity index (χ0n) is 7.63. The molecule has 0 aromatic heterocycles. The minimum Gasteiger partial charge on any atom is -0.504 e. The molecule has 3 heteroatoms. The van der Waals surface area contributed by atoms with E-state index < -0.39 is 0 Å². The van der Waals surface area contributed by atoms with Crippen LogP contribution < -0.4 is 10.1 Å². The molecular weight excluding hydrogens is 166 g/mol. The van der Waals surface area contributed by atoms with E-state index in [1.54, 1.807) is 13.2 Å². The number of rotatable bonds is 1. The fraction of sp³-hybridized carbons (Fsp3) is 0.400. The number of fused-ring (bicyclic) bond motifs is 1. The van der Waals surface area contributed by atoms with E-state index in [0.29, 0.717) is 11.5 Å². The Bertz CT molecular complexity index is 323. The summed E-state index contributed by atoms with van der Waals surface area (Å²) in [5.74, 6) is 0.877. The number of phenols is 1. The quantitative estimate of drug-likeness (QED) is 0.677. The Balaban J connectivity index is 2.48. The molecule has 2 N–H and O–H groups in total. The second-order valence-electron chi connectivity index (χ2n) is 3.18. The zero-order chi connectivity index (χ0) is 9.26. The predicted octanol–water partition coefficient (Wildman–Crippen LogP) is 1.05. The van der Waals surface area contributed by atoms with Crippen LogP contribution in [0.3, 0.4) is 0 Å². The summed E-state index contributed by atoms with van der Waals surface area (Å²) in [6.45, 7) is 1.76. The normalized spacial score (nSPS) is 15.2. The molecule has 1 aromatic rings. The first kappa shape index (κ1) is 8.38. The second-order valence-corrected chi connectivity index (χ2v) is 3.18. The first-order valence-corrected chi connectivity index (χ1v) is 4.41. The maximum Gasteiger partial charge on any atom is 0.161 e. The average Bonchev–Trinajstić information content (AvgIpc) is 2.19. The van der Waals surface area contributed by atoms with Crippen LogP contribution in [0.1, 0.15) is 11.1 Å². The van der Waals surface area contributed by atoms with Crippen molar-refractivity contribution in [3.8, 4) is 11.5 Å². The number of nitrogens with one attached hydrogen (secondary N) is 1. The first-order chi connectivity index (χ1) is 6.33. The highest BCUT2D eigenvalue weighted by Gasteiger charge is 2.15. The van der Waals surface area contributed by atoms with Crippen LogP contribution in [0.25, 0.3) is 0 Å². The molecule has 0 unspecified atom stereocenters. The molecule has 0 spiro atoms. The highest BCUT2D eigenvalue weighted by molar-refractivity contribution is 5.50. The van der Waals surface area contributed by atoms with Crippen LogP contribution in [0.15, 0.2) is 12.1 Å². The van der Waals surface area contributed by atoms with Crippen molar-refractivity contribution in [1.29, 1.82) is 0 Å². The van der Waals surface area contributed by atoms with Gasteiger partial charge in [0.05, 0.1) is 7.11 Å². The van der Waals surface area contributed by atoms with Crippen LogP contribution in [0.5, 0.6) is 11.5 Å². The second kappa shape index (κ2) is 3.26. The third kappa shape index (κ3) is 1.35. The Labute approximate surface area is 77.3 Å². The molecule has 1 heterocycles. The van der Waals surface area contributed by atoms with Gasteiger partial charge in [-0.1, -0.05) is 6.07 Å². The lowest BCUT2D eigenvalue weighted by molar-refractivity contribution is 0.368. The van der Waals surface area contributed by atoms with E-state index in [-0.39, 0.29) is 0 Å². The SMILES string of the molecule is COc1ccc2c(c1O)CCNC2. The highest BCUT2D eigenvalue weighted by atomic mass is 16.5. The fourth-order valence-electron chi connectivity index (χ4n) is 1.70. The number of benzene rings is 1. The zero-order valence-corrected chi connectivity index (χ0v) is 7.63. The van der Waals surface area contributed by atoms with E-state index in [4.69, 9.17) is 4.74 Å². The van der Waals surface area contributed by atoms with Gasteiger partial charge in [0.15, 0.2) is 11.5 Å². The van der Waals surface area contributed by atoms with Gasteiger partial charge in [0, 0.05) is 12.1 Å². The molecule has 1 aliphatic rings. The van der Waals surface area contributed by atoms with Crippen LogP contribution in [-0.4, -0.2) is 18.8 Å². The van der Waals surface area contributed by atoms with E-state index in [0.717, 1.165) is 25.1 Å². The van der Waals surface area contributed by atoms with Gasteiger partial charge in [-0.2, -0.15) is 0 Å². The molecule has 70 valence electrons. The highest BCUT2D eigenvalue weighted by Crippen LogP contribution is 2.33. The van der Waals surface area contributed by atoms with Gasteiger partial charge >= 0.3 is 0 Å². The van der Waals surface area contributed by atoms with Crippen molar-refractivity contribution in [2.45, 2.75) is 13.0 Å². The van der Waals surface area contributed by atoms with E-state index in [9.17, 15) is 5.11 Å². The lowest BCUT2D eigenvalue weighted by Gasteiger charge is -2.19. The molecule has 0 saturated heterocycles. The topological polar surface area (TPSA) is 41.5 Å². The van der Waals surface area contributed by atoms with Crippen LogP contribution in [0.4, 0.5) is 0 Å². The van der Waals surface area contributed by atoms with Gasteiger partial charge in [0.2, 0.25) is 0 Å². The number of hydrogen-bond acceptors (Lipinski definition) is 3. The summed E-state index contributed by atoms with van der Waals surface area (Å²) in [5, 5.41) is 13.0. The maximum atomic E-state index is 9.78. The third-order valence-electron chi connectivity index (χ3n) is 2.43. The molecule has 3 nitrogen and oxygen atoms in total. The first-order valence-electron chi connectivity index (χ1n) is 4.41. The Morgan fingerprint density at radius 2 is 2.31 bits per heavy atom. The molecule has 0 bridgehead atoms. The molecule has 2 rings (SSSR count). The van der Waals surface area contributed by atoms with E-state index in [2.05, 4.69) is 5.32 Å². The minimum atomic E-state index is 0.307. The van der Waals surface area contributed by atoms with Gasteiger partial charge in [0.25, 0.3) is 0 Å². The van der Waals surface area contributed by atoms with Crippen LogP contribution in [0, 0.1) is 0 Å². The third-order valence-corrected chi connectivity index (χ3v) is 2.43. The molecule has 0 atom stereocenters. The Kier molecular flexibility index (Phi) is 2.10. The summed E-state index contributed by atoms with van der Waals surface area (Å²) in [7, 11) is 1.57. The lowest BCUT2D eigenvalue weighted by atomic mass is 9.99. The number of methoxy groups -OCH3 is 1. The molecule has 0 radical (unpaired) electrons. The monoisotopic (exact) mass is 179 g/mol. The van der Waals surface area contributed by atoms with E-state index >= 15 is 0 Å². The Hall–Kier alpha value is -1.22.